The first-order chi connectivity index (χ1) is 9.48. The van der Waals surface area contributed by atoms with Gasteiger partial charge in [-0.1, -0.05) is 34.1 Å². The van der Waals surface area contributed by atoms with E-state index < -0.39 is 12.1 Å². The number of nitrogens with zero attached hydrogens (tertiary/aromatic N) is 3. The van der Waals surface area contributed by atoms with Gasteiger partial charge in [0.05, 0.1) is 0 Å². The third-order valence-electron chi connectivity index (χ3n) is 3.19. The van der Waals surface area contributed by atoms with Crippen LogP contribution in [0.2, 0.25) is 0 Å². The number of carbonyl (C=O) groups is 1. The smallest absolute Gasteiger partial charge is 0.291 e. The van der Waals surface area contributed by atoms with Crippen molar-refractivity contribution in [2.24, 2.45) is 12.0 Å². The molecule has 1 amide bonds. The van der Waals surface area contributed by atoms with Crippen LogP contribution < -0.4 is 5.49 Å². The Kier molecular flexibility index (Phi) is 5.07. The maximum absolute atomic E-state index is 12.4. The molecule has 1 aromatic rings. The first kappa shape index (κ1) is 17.5. The molecule has 0 saturated heterocycles. The van der Waals surface area contributed by atoms with Gasteiger partial charge >= 0.3 is 12.1 Å². The molecule has 120 valence electrons. The molecule has 0 aliphatic heterocycles. The predicted octanol–water partition coefficient (Wildman–Crippen LogP) is 2.91. The van der Waals surface area contributed by atoms with Gasteiger partial charge in [0.2, 0.25) is 0 Å². The lowest BCUT2D eigenvalue weighted by atomic mass is 9.92. The zero-order chi connectivity index (χ0) is 16.4. The Hall–Kier alpha value is -1.53. The summed E-state index contributed by atoms with van der Waals surface area (Å²) in [7, 11) is 1.77. The molecule has 0 aliphatic carbocycles. The van der Waals surface area contributed by atoms with Gasteiger partial charge in [0.25, 0.3) is 0 Å². The number of amides is 1. The zero-order valence-corrected chi connectivity index (χ0v) is 13.1. The number of alkyl halides is 3. The molecule has 1 aromatic heterocycles. The molecule has 0 spiro atoms. The highest BCUT2D eigenvalue weighted by molar-refractivity contribution is 5.82. The van der Waals surface area contributed by atoms with Crippen molar-refractivity contribution in [3.63, 3.8) is 0 Å². The second-order valence-electron chi connectivity index (χ2n) is 6.05. The number of hydrogen-bond acceptors (Lipinski definition) is 1. The van der Waals surface area contributed by atoms with E-state index in [1.54, 1.807) is 22.5 Å². The monoisotopic (exact) mass is 305 g/mol. The largest absolute Gasteiger partial charge is 0.473 e. The topological polar surface area (TPSA) is 39.3 Å². The summed E-state index contributed by atoms with van der Waals surface area (Å²) < 4.78 is 40.6. The molecule has 7 heteroatoms. The van der Waals surface area contributed by atoms with Gasteiger partial charge in [-0.2, -0.15) is 18.2 Å². The fourth-order valence-corrected chi connectivity index (χ4v) is 2.11. The van der Waals surface area contributed by atoms with Gasteiger partial charge in [0.1, 0.15) is 0 Å². The minimum Gasteiger partial charge on any atom is -0.291 e. The standard InChI is InChI=1S/C14H22F3N3O/c1-6-7-8-20-11(18-12(21)14(15,16)17)9-10(19(20)5)13(2,3)4/h9H,6-8H2,1-5H3/b18-11-. The molecule has 0 unspecified atom stereocenters. The van der Waals surface area contributed by atoms with Crippen LogP contribution in [0.15, 0.2) is 11.1 Å². The molecule has 0 saturated carbocycles. The molecule has 0 atom stereocenters. The number of hydrogen-bond donors (Lipinski definition) is 0. The Morgan fingerprint density at radius 1 is 1.29 bits per heavy atom. The molecule has 1 heterocycles. The summed E-state index contributed by atoms with van der Waals surface area (Å²) in [6.07, 6.45) is -3.25. The van der Waals surface area contributed by atoms with E-state index in [1.165, 1.54) is 0 Å². The summed E-state index contributed by atoms with van der Waals surface area (Å²) in [6, 6.07) is 1.55. The number of aromatic nitrogens is 2. The zero-order valence-electron chi connectivity index (χ0n) is 13.1. The van der Waals surface area contributed by atoms with Crippen LogP contribution in [0, 0.1) is 0 Å². The van der Waals surface area contributed by atoms with Crippen molar-refractivity contribution >= 4 is 5.91 Å². The molecular weight excluding hydrogens is 283 g/mol. The fraction of sp³-hybridized carbons (Fsp3) is 0.714. The Labute approximate surface area is 122 Å². The lowest BCUT2D eigenvalue weighted by Gasteiger charge is -2.20. The lowest BCUT2D eigenvalue weighted by molar-refractivity contribution is -0.169. The van der Waals surface area contributed by atoms with E-state index in [1.807, 2.05) is 27.7 Å². The van der Waals surface area contributed by atoms with E-state index in [9.17, 15) is 18.0 Å². The highest BCUT2D eigenvalue weighted by Gasteiger charge is 2.38. The minimum absolute atomic E-state index is 0.0539. The third-order valence-corrected chi connectivity index (χ3v) is 3.19. The van der Waals surface area contributed by atoms with Crippen molar-refractivity contribution in [1.29, 1.82) is 0 Å². The predicted molar refractivity (Wildman–Crippen MR) is 73.6 cm³/mol. The van der Waals surface area contributed by atoms with E-state index in [4.69, 9.17) is 0 Å². The first-order valence-corrected chi connectivity index (χ1v) is 6.91. The van der Waals surface area contributed by atoms with Crippen molar-refractivity contribution in [1.82, 2.24) is 9.36 Å². The second kappa shape index (κ2) is 6.07. The summed E-state index contributed by atoms with van der Waals surface area (Å²) in [4.78, 5) is 14.4. The second-order valence-corrected chi connectivity index (χ2v) is 6.05. The molecular formula is C14H22F3N3O. The maximum Gasteiger partial charge on any atom is 0.473 e. The normalized spacial score (nSPS) is 13.8. The van der Waals surface area contributed by atoms with Crippen LogP contribution in [-0.2, 0) is 23.8 Å². The number of carbonyl (C=O) groups excluding carboxylic acids is 1. The van der Waals surface area contributed by atoms with E-state index in [2.05, 4.69) is 4.99 Å². The average Bonchev–Trinajstić information content (AvgIpc) is 2.62. The van der Waals surface area contributed by atoms with Gasteiger partial charge in [-0.05, 0) is 6.42 Å². The van der Waals surface area contributed by atoms with Crippen LogP contribution in [0.5, 0.6) is 0 Å². The van der Waals surface area contributed by atoms with Gasteiger partial charge < -0.3 is 0 Å². The highest BCUT2D eigenvalue weighted by Crippen LogP contribution is 2.21. The molecule has 4 nitrogen and oxygen atoms in total. The van der Waals surface area contributed by atoms with Crippen LogP contribution in [0.3, 0.4) is 0 Å². The first-order valence-electron chi connectivity index (χ1n) is 6.91. The van der Waals surface area contributed by atoms with Gasteiger partial charge in [0, 0.05) is 30.8 Å². The molecule has 0 aliphatic rings. The molecule has 0 aromatic carbocycles. The Morgan fingerprint density at radius 3 is 2.29 bits per heavy atom. The SMILES string of the molecule is CCCCn1/c(=N\C(=O)C(F)(F)F)cc(C(C)(C)C)n1C. The van der Waals surface area contributed by atoms with Crippen molar-refractivity contribution in [3.8, 4) is 0 Å². The van der Waals surface area contributed by atoms with Gasteiger partial charge in [-0.25, -0.2) is 0 Å². The maximum atomic E-state index is 12.4. The van der Waals surface area contributed by atoms with E-state index in [0.29, 0.717) is 6.54 Å². The summed E-state index contributed by atoms with van der Waals surface area (Å²) in [5, 5.41) is 0. The Morgan fingerprint density at radius 2 is 1.86 bits per heavy atom. The van der Waals surface area contributed by atoms with Crippen molar-refractivity contribution < 1.29 is 18.0 Å². The van der Waals surface area contributed by atoms with Crippen LogP contribution in [0.4, 0.5) is 13.2 Å². The third kappa shape index (κ3) is 4.22. The number of rotatable bonds is 3. The summed E-state index contributed by atoms with van der Waals surface area (Å²) in [6.45, 7) is 8.39. The lowest BCUT2D eigenvalue weighted by Crippen LogP contribution is -2.28. The van der Waals surface area contributed by atoms with Crippen molar-refractivity contribution in [3.05, 3.63) is 17.2 Å². The summed E-state index contributed by atoms with van der Waals surface area (Å²) >= 11 is 0. The van der Waals surface area contributed by atoms with Crippen LogP contribution >= 0.6 is 0 Å². The van der Waals surface area contributed by atoms with E-state index in [0.717, 1.165) is 18.5 Å². The number of halogens is 3. The van der Waals surface area contributed by atoms with E-state index in [-0.39, 0.29) is 10.9 Å². The minimum atomic E-state index is -4.94. The molecule has 0 N–H and O–H groups in total. The molecule has 1 rings (SSSR count). The quantitative estimate of drug-likeness (QED) is 0.846. The summed E-state index contributed by atoms with van der Waals surface area (Å²) in [5.74, 6) is -2.07. The fourth-order valence-electron chi connectivity index (χ4n) is 2.11. The van der Waals surface area contributed by atoms with Gasteiger partial charge in [-0.3, -0.25) is 14.2 Å². The van der Waals surface area contributed by atoms with Gasteiger partial charge in [0.15, 0.2) is 5.49 Å². The summed E-state index contributed by atoms with van der Waals surface area (Å²) in [5.41, 5.74) is 0.628. The van der Waals surface area contributed by atoms with Crippen LogP contribution in [-0.4, -0.2) is 21.4 Å². The van der Waals surface area contributed by atoms with Crippen molar-refractivity contribution in [2.45, 2.75) is 58.7 Å². The van der Waals surface area contributed by atoms with Gasteiger partial charge in [-0.15, -0.1) is 0 Å². The molecule has 0 bridgehead atoms. The van der Waals surface area contributed by atoms with Crippen LogP contribution in [0.25, 0.3) is 0 Å². The molecule has 0 fully saturated rings. The van der Waals surface area contributed by atoms with Crippen molar-refractivity contribution in [2.75, 3.05) is 0 Å². The Balaban J connectivity index is 3.43. The molecule has 0 radical (unpaired) electrons. The van der Waals surface area contributed by atoms with Crippen LogP contribution in [0.1, 0.15) is 46.2 Å². The Bertz CT molecular complexity index is 574. The van der Waals surface area contributed by atoms with E-state index >= 15 is 0 Å². The molecule has 21 heavy (non-hydrogen) atoms. The highest BCUT2D eigenvalue weighted by atomic mass is 19.4. The number of unbranched alkanes of at least 4 members (excludes halogenated alkanes) is 1. The average molecular weight is 305 g/mol.